The minimum Gasteiger partial charge on any atom is -0.358 e. The maximum atomic E-state index is 12.9. The molecule has 0 spiro atoms. The number of aryl methyl sites for hydroxylation is 1. The van der Waals surface area contributed by atoms with E-state index in [-0.39, 0.29) is 23.9 Å². The first-order chi connectivity index (χ1) is 13.9. The standard InChI is InChI=1S/C23H29N3O3/c1-4-15-12(2)16-10-9-14(11-19(16)26-22(15)28)25-23(29)21(27)20-13(3)24-18-8-6-5-7-17(18)20/h5-8,12,14-16,19,24H,4,9-11H2,1-3H3,(H,25,29)(H,26,28). The average molecular weight is 396 g/mol. The van der Waals surface area contributed by atoms with Crippen molar-refractivity contribution in [1.29, 1.82) is 0 Å². The highest BCUT2D eigenvalue weighted by atomic mass is 16.2. The lowest BCUT2D eigenvalue weighted by atomic mass is 9.67. The predicted octanol–water partition coefficient (Wildman–Crippen LogP) is 3.10. The Morgan fingerprint density at radius 1 is 1.21 bits per heavy atom. The molecular weight excluding hydrogens is 366 g/mol. The number of aromatic amines is 1. The zero-order valence-corrected chi connectivity index (χ0v) is 17.2. The van der Waals surface area contributed by atoms with Gasteiger partial charge in [-0.05, 0) is 50.5 Å². The number of hydrogen-bond acceptors (Lipinski definition) is 3. The molecule has 1 saturated carbocycles. The number of carbonyl (C=O) groups is 3. The molecule has 1 aliphatic carbocycles. The molecule has 2 aromatic rings. The molecule has 3 N–H and O–H groups in total. The number of Topliss-reactive ketones (excluding diaryl/α,β-unsaturated/α-hetero) is 1. The highest BCUT2D eigenvalue weighted by Crippen LogP contribution is 2.39. The molecule has 1 saturated heterocycles. The van der Waals surface area contributed by atoms with Gasteiger partial charge >= 0.3 is 0 Å². The molecule has 1 aromatic heterocycles. The van der Waals surface area contributed by atoms with Gasteiger partial charge in [0.25, 0.3) is 11.7 Å². The van der Waals surface area contributed by atoms with Crippen LogP contribution in [-0.2, 0) is 9.59 Å². The van der Waals surface area contributed by atoms with Crippen molar-refractivity contribution in [2.75, 3.05) is 0 Å². The first-order valence-corrected chi connectivity index (χ1v) is 10.6. The topological polar surface area (TPSA) is 91.1 Å². The maximum absolute atomic E-state index is 12.9. The largest absolute Gasteiger partial charge is 0.358 e. The quantitative estimate of drug-likeness (QED) is 0.549. The second-order valence-corrected chi connectivity index (χ2v) is 8.64. The van der Waals surface area contributed by atoms with Crippen LogP contribution in [0.15, 0.2) is 24.3 Å². The molecule has 5 unspecified atom stereocenters. The molecule has 154 valence electrons. The monoisotopic (exact) mass is 395 g/mol. The van der Waals surface area contributed by atoms with Crippen LogP contribution in [0.25, 0.3) is 10.9 Å². The minimum atomic E-state index is -0.567. The molecule has 4 rings (SSSR count). The molecule has 2 amide bonds. The molecule has 6 heteroatoms. The molecule has 1 aliphatic heterocycles. The summed E-state index contributed by atoms with van der Waals surface area (Å²) in [7, 11) is 0. The molecule has 5 atom stereocenters. The number of para-hydroxylation sites is 1. The fraction of sp³-hybridized carbons (Fsp3) is 0.522. The summed E-state index contributed by atoms with van der Waals surface area (Å²) in [6.45, 7) is 6.05. The van der Waals surface area contributed by atoms with Gasteiger partial charge in [0.1, 0.15) is 0 Å². The van der Waals surface area contributed by atoms with E-state index in [0.717, 1.165) is 30.2 Å². The lowest BCUT2D eigenvalue weighted by Gasteiger charge is -2.46. The Kier molecular flexibility index (Phi) is 5.19. The van der Waals surface area contributed by atoms with Crippen molar-refractivity contribution < 1.29 is 14.4 Å². The highest BCUT2D eigenvalue weighted by molar-refractivity contribution is 6.45. The Bertz CT molecular complexity index is 963. The Morgan fingerprint density at radius 3 is 2.72 bits per heavy atom. The summed E-state index contributed by atoms with van der Waals surface area (Å²) in [6.07, 6.45) is 3.33. The van der Waals surface area contributed by atoms with Crippen molar-refractivity contribution in [2.24, 2.45) is 17.8 Å². The van der Waals surface area contributed by atoms with Crippen molar-refractivity contribution >= 4 is 28.5 Å². The van der Waals surface area contributed by atoms with Gasteiger partial charge in [-0.15, -0.1) is 0 Å². The first-order valence-electron chi connectivity index (χ1n) is 10.6. The summed E-state index contributed by atoms with van der Waals surface area (Å²) in [4.78, 5) is 41.2. The van der Waals surface area contributed by atoms with Gasteiger partial charge in [0, 0.05) is 34.6 Å². The van der Waals surface area contributed by atoms with Gasteiger partial charge in [0.05, 0.1) is 5.56 Å². The molecule has 29 heavy (non-hydrogen) atoms. The summed E-state index contributed by atoms with van der Waals surface area (Å²) >= 11 is 0. The van der Waals surface area contributed by atoms with Gasteiger partial charge in [-0.3, -0.25) is 14.4 Å². The van der Waals surface area contributed by atoms with E-state index >= 15 is 0 Å². The number of amides is 2. The second-order valence-electron chi connectivity index (χ2n) is 8.64. The van der Waals surface area contributed by atoms with Crippen molar-refractivity contribution in [3.8, 4) is 0 Å². The Labute approximate surface area is 170 Å². The third-order valence-corrected chi connectivity index (χ3v) is 6.98. The third kappa shape index (κ3) is 3.45. The second kappa shape index (κ2) is 7.65. The molecule has 2 fully saturated rings. The van der Waals surface area contributed by atoms with Gasteiger partial charge in [0.15, 0.2) is 0 Å². The number of piperidine rings is 1. The maximum Gasteiger partial charge on any atom is 0.292 e. The van der Waals surface area contributed by atoms with E-state index in [1.807, 2.05) is 31.2 Å². The number of carbonyl (C=O) groups excluding carboxylic acids is 3. The van der Waals surface area contributed by atoms with E-state index in [2.05, 4.69) is 29.5 Å². The molecular formula is C23H29N3O3. The fourth-order valence-electron chi connectivity index (χ4n) is 5.44. The zero-order chi connectivity index (χ0) is 20.7. The molecule has 0 radical (unpaired) electrons. The number of aromatic nitrogens is 1. The number of H-pyrrole nitrogens is 1. The lowest BCUT2D eigenvalue weighted by molar-refractivity contribution is -0.133. The Morgan fingerprint density at radius 2 is 1.97 bits per heavy atom. The third-order valence-electron chi connectivity index (χ3n) is 6.98. The van der Waals surface area contributed by atoms with Crippen LogP contribution in [0.4, 0.5) is 0 Å². The SMILES string of the molecule is CCC1C(=O)NC2CC(NC(=O)C(=O)c3c(C)[nH]c4ccccc34)CCC2C1C. The summed E-state index contributed by atoms with van der Waals surface area (Å²) in [5, 5.41) is 6.87. The van der Waals surface area contributed by atoms with Crippen molar-refractivity contribution in [3.05, 3.63) is 35.5 Å². The normalized spacial score (nSPS) is 29.2. The van der Waals surface area contributed by atoms with E-state index in [1.54, 1.807) is 0 Å². The number of ketones is 1. The average Bonchev–Trinajstić information content (AvgIpc) is 3.03. The van der Waals surface area contributed by atoms with E-state index in [0.29, 0.717) is 29.5 Å². The lowest BCUT2D eigenvalue weighted by Crippen LogP contribution is -2.58. The van der Waals surface area contributed by atoms with Gasteiger partial charge < -0.3 is 15.6 Å². The predicted molar refractivity (Wildman–Crippen MR) is 112 cm³/mol. The van der Waals surface area contributed by atoms with Crippen LogP contribution in [0, 0.1) is 24.7 Å². The smallest absolute Gasteiger partial charge is 0.292 e. The summed E-state index contributed by atoms with van der Waals surface area (Å²) < 4.78 is 0. The van der Waals surface area contributed by atoms with Crippen LogP contribution in [0.3, 0.4) is 0 Å². The van der Waals surface area contributed by atoms with Crippen LogP contribution in [-0.4, -0.2) is 34.7 Å². The first kappa shape index (κ1) is 19.7. The van der Waals surface area contributed by atoms with Crippen molar-refractivity contribution in [2.45, 2.75) is 58.5 Å². The van der Waals surface area contributed by atoms with Gasteiger partial charge in [-0.1, -0.05) is 32.0 Å². The number of rotatable bonds is 4. The van der Waals surface area contributed by atoms with Crippen molar-refractivity contribution in [3.63, 3.8) is 0 Å². The molecule has 0 bridgehead atoms. The Hall–Kier alpha value is -2.63. The zero-order valence-electron chi connectivity index (χ0n) is 17.2. The summed E-state index contributed by atoms with van der Waals surface area (Å²) in [5.74, 6) is -0.0760. The van der Waals surface area contributed by atoms with E-state index in [9.17, 15) is 14.4 Å². The number of fused-ring (bicyclic) bond motifs is 2. The van der Waals surface area contributed by atoms with Gasteiger partial charge in [-0.2, -0.15) is 0 Å². The fourth-order valence-corrected chi connectivity index (χ4v) is 5.44. The minimum absolute atomic E-state index is 0.0734. The number of nitrogens with one attached hydrogen (secondary N) is 3. The van der Waals surface area contributed by atoms with E-state index < -0.39 is 11.7 Å². The number of benzene rings is 1. The van der Waals surface area contributed by atoms with Gasteiger partial charge in [-0.25, -0.2) is 0 Å². The molecule has 1 aromatic carbocycles. The molecule has 6 nitrogen and oxygen atoms in total. The highest BCUT2D eigenvalue weighted by Gasteiger charge is 2.43. The van der Waals surface area contributed by atoms with Crippen LogP contribution in [0.5, 0.6) is 0 Å². The summed E-state index contributed by atoms with van der Waals surface area (Å²) in [6, 6.07) is 7.49. The summed E-state index contributed by atoms with van der Waals surface area (Å²) in [5.41, 5.74) is 2.00. The Balaban J connectivity index is 1.45. The van der Waals surface area contributed by atoms with Crippen LogP contribution < -0.4 is 10.6 Å². The van der Waals surface area contributed by atoms with E-state index in [4.69, 9.17) is 0 Å². The van der Waals surface area contributed by atoms with Crippen LogP contribution in [0.2, 0.25) is 0 Å². The number of hydrogen-bond donors (Lipinski definition) is 3. The molecule has 2 aliphatic rings. The van der Waals surface area contributed by atoms with Crippen molar-refractivity contribution in [1.82, 2.24) is 15.6 Å². The van der Waals surface area contributed by atoms with E-state index in [1.165, 1.54) is 0 Å². The van der Waals surface area contributed by atoms with Gasteiger partial charge in [0.2, 0.25) is 5.91 Å². The van der Waals surface area contributed by atoms with Crippen LogP contribution >= 0.6 is 0 Å². The molecule has 2 heterocycles. The van der Waals surface area contributed by atoms with Crippen LogP contribution in [0.1, 0.15) is 55.6 Å².